The number of hydrogen-bond acceptors (Lipinski definition) is 3. The summed E-state index contributed by atoms with van der Waals surface area (Å²) >= 11 is 10.4. The Morgan fingerprint density at radius 2 is 1.48 bits per heavy atom. The molecule has 2 rings (SSSR count). The third kappa shape index (κ3) is 4.00. The van der Waals surface area contributed by atoms with Crippen molar-refractivity contribution < 1.29 is 14.6 Å². The fraction of sp³-hybridized carbons (Fsp3) is 0.200. The molecule has 0 amide bonds. The van der Waals surface area contributed by atoms with Crippen LogP contribution in [0.1, 0.15) is 18.6 Å². The van der Waals surface area contributed by atoms with Crippen molar-refractivity contribution in [3.63, 3.8) is 0 Å². The molecule has 0 aliphatic carbocycles. The predicted molar refractivity (Wildman–Crippen MR) is 93.2 cm³/mol. The lowest BCUT2D eigenvalue weighted by atomic mass is 10.1. The lowest BCUT2D eigenvalue weighted by Crippen LogP contribution is -1.93. The Morgan fingerprint density at radius 3 is 2.05 bits per heavy atom. The molecular weight excluding hydrogens is 468 g/mol. The van der Waals surface area contributed by atoms with Gasteiger partial charge in [0, 0.05) is 0 Å². The van der Waals surface area contributed by atoms with E-state index in [1.165, 1.54) is 0 Å². The highest BCUT2D eigenvalue weighted by molar-refractivity contribution is 9.11. The van der Waals surface area contributed by atoms with E-state index in [0.29, 0.717) is 11.5 Å². The van der Waals surface area contributed by atoms with E-state index in [1.807, 2.05) is 30.3 Å². The molecule has 6 heteroatoms. The maximum Gasteiger partial charge on any atom is 0.143 e. The largest absolute Gasteiger partial charge is 0.496 e. The number of halogens is 3. The van der Waals surface area contributed by atoms with E-state index in [9.17, 15) is 5.11 Å². The Hall–Kier alpha value is -0.560. The summed E-state index contributed by atoms with van der Waals surface area (Å²) in [6.45, 7) is 1.72. The molecule has 0 aliphatic rings. The predicted octanol–water partition coefficient (Wildman–Crippen LogP) is 5.83. The quantitative estimate of drug-likeness (QED) is 0.598. The molecule has 0 aliphatic heterocycles. The fourth-order valence-electron chi connectivity index (χ4n) is 1.72. The van der Waals surface area contributed by atoms with Crippen molar-refractivity contribution in [1.82, 2.24) is 0 Å². The Labute approximate surface area is 148 Å². The molecule has 1 N–H and O–H groups in total. The van der Waals surface area contributed by atoms with Crippen LogP contribution in [0.25, 0.3) is 0 Å². The van der Waals surface area contributed by atoms with E-state index in [0.717, 1.165) is 24.7 Å². The molecule has 2 aromatic carbocycles. The highest BCUT2D eigenvalue weighted by Crippen LogP contribution is 2.40. The summed E-state index contributed by atoms with van der Waals surface area (Å²) in [5.41, 5.74) is 0.823. The second-order valence-electron chi connectivity index (χ2n) is 4.39. The van der Waals surface area contributed by atoms with Crippen LogP contribution in [0.2, 0.25) is 0 Å². The Balaban J connectivity index is 2.32. The second kappa shape index (κ2) is 7.13. The molecule has 0 heterocycles. The van der Waals surface area contributed by atoms with E-state index in [1.54, 1.807) is 14.0 Å². The Morgan fingerprint density at radius 1 is 0.905 bits per heavy atom. The maximum atomic E-state index is 9.58. The fourth-order valence-corrected chi connectivity index (χ4v) is 3.09. The van der Waals surface area contributed by atoms with E-state index in [2.05, 4.69) is 47.8 Å². The first-order valence-corrected chi connectivity index (χ1v) is 8.48. The van der Waals surface area contributed by atoms with Crippen LogP contribution < -0.4 is 9.47 Å². The van der Waals surface area contributed by atoms with Gasteiger partial charge in [-0.1, -0.05) is 6.07 Å². The summed E-state index contributed by atoms with van der Waals surface area (Å²) in [6.07, 6.45) is -0.516. The molecule has 0 radical (unpaired) electrons. The molecule has 21 heavy (non-hydrogen) atoms. The molecule has 3 nitrogen and oxygen atoms in total. The molecule has 0 unspecified atom stereocenters. The number of rotatable bonds is 4. The van der Waals surface area contributed by atoms with E-state index in [-0.39, 0.29) is 0 Å². The monoisotopic (exact) mass is 478 g/mol. The molecule has 0 saturated heterocycles. The molecule has 0 bridgehead atoms. The minimum atomic E-state index is -0.516. The van der Waals surface area contributed by atoms with Crippen LogP contribution in [-0.2, 0) is 0 Å². The van der Waals surface area contributed by atoms with Gasteiger partial charge >= 0.3 is 0 Å². The van der Waals surface area contributed by atoms with Crippen LogP contribution in [0.3, 0.4) is 0 Å². The molecule has 1 atom stereocenters. The van der Waals surface area contributed by atoms with Crippen LogP contribution in [0.5, 0.6) is 17.2 Å². The first-order chi connectivity index (χ1) is 9.92. The number of aliphatic hydroxyl groups is 1. The number of ether oxygens (including phenoxy) is 2. The topological polar surface area (TPSA) is 38.7 Å². The summed E-state index contributed by atoms with van der Waals surface area (Å²) in [7, 11) is 1.61. The number of methoxy groups -OCH3 is 1. The third-order valence-electron chi connectivity index (χ3n) is 2.86. The third-order valence-corrected chi connectivity index (χ3v) is 4.72. The second-order valence-corrected chi connectivity index (χ2v) is 6.95. The van der Waals surface area contributed by atoms with Gasteiger partial charge in [-0.3, -0.25) is 0 Å². The molecule has 112 valence electrons. The van der Waals surface area contributed by atoms with Gasteiger partial charge in [0.15, 0.2) is 0 Å². The zero-order valence-electron chi connectivity index (χ0n) is 11.4. The van der Waals surface area contributed by atoms with Gasteiger partial charge in [-0.2, -0.15) is 0 Å². The molecular formula is C15H13Br3O3. The summed E-state index contributed by atoms with van der Waals surface area (Å²) in [6, 6.07) is 9.15. The normalized spacial score (nSPS) is 12.1. The van der Waals surface area contributed by atoms with Crippen molar-refractivity contribution in [1.29, 1.82) is 0 Å². The van der Waals surface area contributed by atoms with Crippen molar-refractivity contribution in [2.45, 2.75) is 13.0 Å². The zero-order chi connectivity index (χ0) is 15.6. The van der Waals surface area contributed by atoms with Gasteiger partial charge in [0.05, 0.1) is 26.6 Å². The number of aliphatic hydroxyl groups excluding tert-OH is 1. The number of hydrogen-bond donors (Lipinski definition) is 1. The van der Waals surface area contributed by atoms with Crippen LogP contribution >= 0.6 is 47.8 Å². The smallest absolute Gasteiger partial charge is 0.143 e. The lowest BCUT2D eigenvalue weighted by molar-refractivity contribution is 0.199. The van der Waals surface area contributed by atoms with Gasteiger partial charge in [-0.05, 0) is 84.5 Å². The average Bonchev–Trinajstić information content (AvgIpc) is 2.44. The van der Waals surface area contributed by atoms with Crippen LogP contribution in [0.15, 0.2) is 43.7 Å². The minimum absolute atomic E-state index is 0.516. The van der Waals surface area contributed by atoms with E-state index < -0.39 is 6.10 Å². The van der Waals surface area contributed by atoms with Gasteiger partial charge in [0.2, 0.25) is 0 Å². The molecule has 0 spiro atoms. The van der Waals surface area contributed by atoms with Gasteiger partial charge in [0.1, 0.15) is 17.2 Å². The van der Waals surface area contributed by atoms with E-state index in [4.69, 9.17) is 9.47 Å². The van der Waals surface area contributed by atoms with Crippen LogP contribution in [0, 0.1) is 0 Å². The number of benzene rings is 2. The Kier molecular flexibility index (Phi) is 5.71. The molecule has 2 aromatic rings. The van der Waals surface area contributed by atoms with Crippen LogP contribution in [0.4, 0.5) is 0 Å². The van der Waals surface area contributed by atoms with Crippen molar-refractivity contribution in [3.8, 4) is 17.2 Å². The van der Waals surface area contributed by atoms with Gasteiger partial charge in [-0.25, -0.2) is 0 Å². The van der Waals surface area contributed by atoms with Gasteiger partial charge in [-0.15, -0.1) is 0 Å². The van der Waals surface area contributed by atoms with Crippen molar-refractivity contribution in [3.05, 3.63) is 49.3 Å². The first-order valence-electron chi connectivity index (χ1n) is 6.10. The lowest BCUT2D eigenvalue weighted by Gasteiger charge is -2.13. The standard InChI is InChI=1S/C15H13Br3O3/c1-8(19)9-3-4-13(10(16)5-9)21-15-7-11(17)14(20-2)6-12(15)18/h3-8,19H,1-2H3/t8-/m0/s1. The van der Waals surface area contributed by atoms with Crippen molar-refractivity contribution in [2.75, 3.05) is 7.11 Å². The van der Waals surface area contributed by atoms with Crippen molar-refractivity contribution in [2.24, 2.45) is 0 Å². The summed E-state index contributed by atoms with van der Waals surface area (Å²) in [5, 5.41) is 9.58. The minimum Gasteiger partial charge on any atom is -0.496 e. The summed E-state index contributed by atoms with van der Waals surface area (Å²) in [4.78, 5) is 0. The summed E-state index contributed by atoms with van der Waals surface area (Å²) < 4.78 is 13.5. The molecule has 0 aromatic heterocycles. The summed E-state index contributed by atoms with van der Waals surface area (Å²) in [5.74, 6) is 2.04. The zero-order valence-corrected chi connectivity index (χ0v) is 16.1. The Bertz CT molecular complexity index is 657. The maximum absolute atomic E-state index is 9.58. The highest BCUT2D eigenvalue weighted by Gasteiger charge is 2.12. The molecule has 0 saturated carbocycles. The van der Waals surface area contributed by atoms with Crippen LogP contribution in [-0.4, -0.2) is 12.2 Å². The average molecular weight is 481 g/mol. The molecule has 0 fully saturated rings. The van der Waals surface area contributed by atoms with Gasteiger partial charge in [0.25, 0.3) is 0 Å². The van der Waals surface area contributed by atoms with Gasteiger partial charge < -0.3 is 14.6 Å². The highest BCUT2D eigenvalue weighted by atomic mass is 79.9. The first kappa shape index (κ1) is 16.8. The van der Waals surface area contributed by atoms with Crippen molar-refractivity contribution >= 4 is 47.8 Å². The van der Waals surface area contributed by atoms with E-state index >= 15 is 0 Å². The SMILES string of the molecule is COc1cc(Br)c(Oc2ccc([C@H](C)O)cc2Br)cc1Br.